The molecular formula is C24H17ClF2N2O2S. The normalized spacial score (nSPS) is 11.0. The number of primary amides is 1. The predicted molar refractivity (Wildman–Crippen MR) is 123 cm³/mol. The van der Waals surface area contributed by atoms with Gasteiger partial charge in [-0.1, -0.05) is 23.7 Å². The first-order valence-corrected chi connectivity index (χ1v) is 10.8. The highest BCUT2D eigenvalue weighted by Gasteiger charge is 2.14. The third-order valence-electron chi connectivity index (χ3n) is 4.81. The standard InChI is InChI=1S/C24H17ClF2N2O2S/c25-16-4-13(5-17(26)10-16)6-19-11-21-20(2-1-3-22(21)32-19)14-7-15(9-18(27)8-14)24(31)29-12-23(28)30/h1-5,7-11H,6,12H2,(H2,28,30)(H,29,31). The zero-order valence-corrected chi connectivity index (χ0v) is 18.2. The van der Waals surface area contributed by atoms with Crippen molar-refractivity contribution in [2.45, 2.75) is 6.42 Å². The molecule has 0 saturated carbocycles. The Kier molecular flexibility index (Phi) is 6.21. The Morgan fingerprint density at radius 3 is 2.53 bits per heavy atom. The molecular weight excluding hydrogens is 454 g/mol. The molecule has 0 atom stereocenters. The van der Waals surface area contributed by atoms with Gasteiger partial charge in [0.2, 0.25) is 5.91 Å². The van der Waals surface area contributed by atoms with E-state index in [2.05, 4.69) is 5.32 Å². The average Bonchev–Trinajstić information content (AvgIpc) is 3.13. The van der Waals surface area contributed by atoms with E-state index in [1.165, 1.54) is 18.2 Å². The number of carbonyl (C=O) groups excluding carboxylic acids is 2. The van der Waals surface area contributed by atoms with E-state index < -0.39 is 23.4 Å². The van der Waals surface area contributed by atoms with E-state index in [0.29, 0.717) is 17.0 Å². The van der Waals surface area contributed by atoms with Gasteiger partial charge >= 0.3 is 0 Å². The van der Waals surface area contributed by atoms with Gasteiger partial charge in [-0.25, -0.2) is 8.78 Å². The number of benzene rings is 3. The smallest absolute Gasteiger partial charge is 0.251 e. The predicted octanol–water partition coefficient (Wildman–Crippen LogP) is 5.31. The molecule has 4 nitrogen and oxygen atoms in total. The fraction of sp³-hybridized carbons (Fsp3) is 0.0833. The van der Waals surface area contributed by atoms with E-state index in [1.54, 1.807) is 23.5 Å². The van der Waals surface area contributed by atoms with E-state index in [9.17, 15) is 18.4 Å². The van der Waals surface area contributed by atoms with Crippen LogP contribution >= 0.6 is 22.9 Å². The molecule has 2 amide bonds. The minimum atomic E-state index is -0.690. The molecule has 0 aliphatic rings. The first-order chi connectivity index (χ1) is 15.3. The minimum Gasteiger partial charge on any atom is -0.368 e. The van der Waals surface area contributed by atoms with Crippen molar-refractivity contribution in [3.05, 3.63) is 93.3 Å². The summed E-state index contributed by atoms with van der Waals surface area (Å²) in [6.07, 6.45) is 0.500. The Hall–Kier alpha value is -3.29. The maximum absolute atomic E-state index is 14.3. The molecule has 4 aromatic rings. The summed E-state index contributed by atoms with van der Waals surface area (Å²) in [4.78, 5) is 24.2. The Morgan fingerprint density at radius 1 is 1.00 bits per heavy atom. The fourth-order valence-corrected chi connectivity index (χ4v) is 4.88. The molecule has 8 heteroatoms. The lowest BCUT2D eigenvalue weighted by molar-refractivity contribution is -0.117. The summed E-state index contributed by atoms with van der Waals surface area (Å²) in [5, 5.41) is 3.59. The van der Waals surface area contributed by atoms with E-state index in [4.69, 9.17) is 17.3 Å². The van der Waals surface area contributed by atoms with Gasteiger partial charge in [0.05, 0.1) is 6.54 Å². The van der Waals surface area contributed by atoms with E-state index in [-0.39, 0.29) is 12.1 Å². The summed E-state index contributed by atoms with van der Waals surface area (Å²) < 4.78 is 29.0. The first kappa shape index (κ1) is 21.9. The van der Waals surface area contributed by atoms with Gasteiger partial charge in [0.25, 0.3) is 5.91 Å². The molecule has 1 aromatic heterocycles. The molecule has 32 heavy (non-hydrogen) atoms. The molecule has 0 aliphatic heterocycles. The van der Waals surface area contributed by atoms with Gasteiger partial charge in [0.1, 0.15) is 11.6 Å². The highest BCUT2D eigenvalue weighted by atomic mass is 35.5. The van der Waals surface area contributed by atoms with E-state index >= 15 is 0 Å². The van der Waals surface area contributed by atoms with Crippen LogP contribution < -0.4 is 11.1 Å². The summed E-state index contributed by atoms with van der Waals surface area (Å²) in [6.45, 7) is -0.335. The quantitative estimate of drug-likeness (QED) is 0.401. The maximum atomic E-state index is 14.3. The van der Waals surface area contributed by atoms with Crippen LogP contribution in [0.3, 0.4) is 0 Å². The van der Waals surface area contributed by atoms with Gasteiger partial charge < -0.3 is 11.1 Å². The van der Waals surface area contributed by atoms with Crippen molar-refractivity contribution in [2.24, 2.45) is 5.73 Å². The maximum Gasteiger partial charge on any atom is 0.251 e. The minimum absolute atomic E-state index is 0.0862. The number of hydrogen-bond donors (Lipinski definition) is 2. The fourth-order valence-electron chi connectivity index (χ4n) is 3.51. The second kappa shape index (κ2) is 9.06. The van der Waals surface area contributed by atoms with Crippen molar-refractivity contribution in [3.63, 3.8) is 0 Å². The third kappa shape index (κ3) is 4.95. The van der Waals surface area contributed by atoms with Crippen LogP contribution in [0.5, 0.6) is 0 Å². The number of rotatable bonds is 6. The molecule has 0 aliphatic carbocycles. The monoisotopic (exact) mass is 470 g/mol. The number of amides is 2. The molecule has 0 bridgehead atoms. The molecule has 0 unspecified atom stereocenters. The summed E-state index contributed by atoms with van der Waals surface area (Å²) in [7, 11) is 0. The van der Waals surface area contributed by atoms with E-state index in [0.717, 1.165) is 32.2 Å². The summed E-state index contributed by atoms with van der Waals surface area (Å²) in [6, 6.07) is 16.1. The number of hydrogen-bond acceptors (Lipinski definition) is 3. The molecule has 0 spiro atoms. The molecule has 3 N–H and O–H groups in total. The SMILES string of the molecule is NC(=O)CNC(=O)c1cc(F)cc(-c2cccc3sc(Cc4cc(F)cc(Cl)c4)cc23)c1. The lowest BCUT2D eigenvalue weighted by Crippen LogP contribution is -2.33. The summed E-state index contributed by atoms with van der Waals surface area (Å²) in [5.74, 6) is -2.25. The second-order valence-electron chi connectivity index (χ2n) is 7.26. The number of nitrogens with two attached hydrogens (primary N) is 1. The van der Waals surface area contributed by atoms with Crippen LogP contribution in [0, 0.1) is 11.6 Å². The van der Waals surface area contributed by atoms with Crippen molar-refractivity contribution in [1.29, 1.82) is 0 Å². The number of halogens is 3. The lowest BCUT2D eigenvalue weighted by Gasteiger charge is -2.08. The molecule has 0 saturated heterocycles. The van der Waals surface area contributed by atoms with Crippen molar-refractivity contribution >= 4 is 44.8 Å². The number of fused-ring (bicyclic) bond motifs is 1. The topological polar surface area (TPSA) is 72.2 Å². The van der Waals surface area contributed by atoms with Crippen molar-refractivity contribution in [1.82, 2.24) is 5.32 Å². The molecule has 0 radical (unpaired) electrons. The Bertz CT molecular complexity index is 1330. The average molecular weight is 471 g/mol. The van der Waals surface area contributed by atoms with E-state index in [1.807, 2.05) is 24.3 Å². The second-order valence-corrected chi connectivity index (χ2v) is 8.87. The number of thiophene rings is 1. The number of nitrogens with one attached hydrogen (secondary N) is 1. The van der Waals surface area contributed by atoms with Gasteiger partial charge in [-0.05, 0) is 65.2 Å². The molecule has 3 aromatic carbocycles. The lowest BCUT2D eigenvalue weighted by atomic mass is 9.99. The van der Waals surface area contributed by atoms with Gasteiger partial charge in [0.15, 0.2) is 0 Å². The Morgan fingerprint density at radius 2 is 1.78 bits per heavy atom. The van der Waals surface area contributed by atoms with Crippen molar-refractivity contribution < 1.29 is 18.4 Å². The van der Waals surface area contributed by atoms with Crippen LogP contribution in [0.1, 0.15) is 20.8 Å². The van der Waals surface area contributed by atoms with Crippen molar-refractivity contribution in [3.8, 4) is 11.1 Å². The van der Waals surface area contributed by atoms with Gasteiger partial charge in [0, 0.05) is 32.0 Å². The van der Waals surface area contributed by atoms with Crippen LogP contribution in [0.2, 0.25) is 5.02 Å². The van der Waals surface area contributed by atoms with Crippen LogP contribution in [-0.2, 0) is 11.2 Å². The summed E-state index contributed by atoms with van der Waals surface area (Å²) >= 11 is 7.51. The van der Waals surface area contributed by atoms with Crippen LogP contribution in [0.15, 0.2) is 60.7 Å². The van der Waals surface area contributed by atoms with Crippen LogP contribution in [0.25, 0.3) is 21.2 Å². The Balaban J connectivity index is 1.70. The zero-order valence-electron chi connectivity index (χ0n) is 16.6. The highest BCUT2D eigenvalue weighted by Crippen LogP contribution is 2.36. The van der Waals surface area contributed by atoms with Gasteiger partial charge in [-0.3, -0.25) is 9.59 Å². The van der Waals surface area contributed by atoms with Crippen LogP contribution in [-0.4, -0.2) is 18.4 Å². The summed E-state index contributed by atoms with van der Waals surface area (Å²) in [5.41, 5.74) is 7.17. The molecule has 0 fully saturated rings. The van der Waals surface area contributed by atoms with Gasteiger partial charge in [-0.15, -0.1) is 11.3 Å². The molecule has 1 heterocycles. The van der Waals surface area contributed by atoms with Gasteiger partial charge in [-0.2, -0.15) is 0 Å². The number of carbonyl (C=O) groups is 2. The van der Waals surface area contributed by atoms with Crippen LogP contribution in [0.4, 0.5) is 8.78 Å². The molecule has 162 valence electrons. The largest absolute Gasteiger partial charge is 0.368 e. The molecule has 4 rings (SSSR count). The zero-order chi connectivity index (χ0) is 22.8. The first-order valence-electron chi connectivity index (χ1n) is 9.62. The van der Waals surface area contributed by atoms with Crippen molar-refractivity contribution in [2.75, 3.05) is 6.54 Å². The Labute approximate surface area is 191 Å². The highest BCUT2D eigenvalue weighted by molar-refractivity contribution is 7.19. The third-order valence-corrected chi connectivity index (χ3v) is 6.13.